The Balaban J connectivity index is 1.22. The summed E-state index contributed by atoms with van der Waals surface area (Å²) >= 11 is 1.80. The molecule has 2 aliphatic rings. The fourth-order valence-corrected chi connectivity index (χ4v) is 5.92. The minimum atomic E-state index is 0.227. The lowest BCUT2D eigenvalue weighted by Gasteiger charge is -2.45. The van der Waals surface area contributed by atoms with Gasteiger partial charge in [0, 0.05) is 43.0 Å². The van der Waals surface area contributed by atoms with Crippen LogP contribution in [0.4, 0.5) is 5.69 Å². The quantitative estimate of drug-likeness (QED) is 0.607. The zero-order chi connectivity index (χ0) is 22.1. The topological polar surface area (TPSA) is 52.6 Å². The molecule has 0 radical (unpaired) electrons. The average Bonchev–Trinajstić information content (AvgIpc) is 3.31. The van der Waals surface area contributed by atoms with E-state index in [0.29, 0.717) is 13.1 Å². The largest absolute Gasteiger partial charge is 0.366 e. The third-order valence-electron chi connectivity index (χ3n) is 6.72. The number of rotatable bonds is 4. The Labute approximate surface area is 193 Å². The highest BCUT2D eigenvalue weighted by molar-refractivity contribution is 7.17. The van der Waals surface area contributed by atoms with Crippen LogP contribution in [0.3, 0.4) is 0 Å². The van der Waals surface area contributed by atoms with Crippen molar-refractivity contribution >= 4 is 38.6 Å². The lowest BCUT2D eigenvalue weighted by molar-refractivity contribution is -0.133. The predicted octanol–water partition coefficient (Wildman–Crippen LogP) is 3.91. The minimum Gasteiger partial charge on any atom is -0.366 e. The molecule has 0 spiro atoms. The van der Waals surface area contributed by atoms with Gasteiger partial charge in [-0.1, -0.05) is 24.3 Å². The highest BCUT2D eigenvalue weighted by atomic mass is 32.1. The molecule has 0 N–H and O–H groups in total. The highest BCUT2D eigenvalue weighted by Gasteiger charge is 2.32. The number of benzene rings is 1. The molecule has 6 nitrogen and oxygen atoms in total. The fraction of sp³-hybridized carbons (Fsp3) is 0.400. The number of hydrogen-bond acceptors (Lipinski definition) is 6. The second-order valence-electron chi connectivity index (χ2n) is 8.84. The second kappa shape index (κ2) is 9.00. The van der Waals surface area contributed by atoms with Gasteiger partial charge in [-0.05, 0) is 48.2 Å². The van der Waals surface area contributed by atoms with E-state index < -0.39 is 0 Å². The third-order valence-corrected chi connectivity index (χ3v) is 7.68. The summed E-state index contributed by atoms with van der Waals surface area (Å²) in [5.41, 5.74) is 3.74. The van der Waals surface area contributed by atoms with Gasteiger partial charge >= 0.3 is 0 Å². The molecule has 0 aliphatic carbocycles. The maximum absolute atomic E-state index is 13.1. The Hall–Kier alpha value is -2.77. The number of anilines is 1. The summed E-state index contributed by atoms with van der Waals surface area (Å²) in [6, 6.07) is 9.26. The SMILES string of the molecule is CC1CN(c2cncnc2)CC(C)N1CC(=O)N1CC=C(c2cccc3ccsc23)CC1. The predicted molar refractivity (Wildman–Crippen MR) is 131 cm³/mol. The van der Waals surface area contributed by atoms with E-state index in [1.165, 1.54) is 21.2 Å². The number of carbonyl (C=O) groups is 1. The summed E-state index contributed by atoms with van der Waals surface area (Å²) in [6.07, 6.45) is 8.44. The standard InChI is InChI=1S/C25H29N5OS/c1-18-14-29(22-12-26-17-27-13-22)15-19(2)30(18)16-24(31)28-9-6-20(7-10-28)23-5-3-4-21-8-11-32-25(21)23/h3-6,8,11-13,17-19H,7,9-10,14-16H2,1-2H3. The van der Waals surface area contributed by atoms with E-state index in [9.17, 15) is 4.79 Å². The van der Waals surface area contributed by atoms with E-state index in [1.54, 1.807) is 17.7 Å². The average molecular weight is 448 g/mol. The van der Waals surface area contributed by atoms with Gasteiger partial charge in [-0.25, -0.2) is 9.97 Å². The van der Waals surface area contributed by atoms with Crippen molar-refractivity contribution in [3.8, 4) is 0 Å². The van der Waals surface area contributed by atoms with Crippen LogP contribution in [0.5, 0.6) is 0 Å². The Kier molecular flexibility index (Phi) is 5.93. The molecule has 3 aromatic rings. The Bertz CT molecular complexity index is 1120. The summed E-state index contributed by atoms with van der Waals surface area (Å²) in [5, 5.41) is 3.45. The van der Waals surface area contributed by atoms with Gasteiger partial charge in [-0.2, -0.15) is 0 Å². The molecule has 166 valence electrons. The first-order valence-corrected chi connectivity index (χ1v) is 12.2. The van der Waals surface area contributed by atoms with Crippen LogP contribution < -0.4 is 4.90 Å². The molecule has 1 fully saturated rings. The van der Waals surface area contributed by atoms with Gasteiger partial charge < -0.3 is 9.80 Å². The minimum absolute atomic E-state index is 0.227. The molecule has 1 saturated heterocycles. The molecule has 1 amide bonds. The maximum atomic E-state index is 13.1. The number of amides is 1. The number of hydrogen-bond donors (Lipinski definition) is 0. The Morgan fingerprint density at radius 2 is 1.91 bits per heavy atom. The molecule has 1 aromatic carbocycles. The van der Waals surface area contributed by atoms with Crippen molar-refractivity contribution in [2.75, 3.05) is 37.6 Å². The molecule has 0 saturated carbocycles. The van der Waals surface area contributed by atoms with Crippen molar-refractivity contribution in [2.24, 2.45) is 0 Å². The molecule has 7 heteroatoms. The zero-order valence-electron chi connectivity index (χ0n) is 18.6. The summed E-state index contributed by atoms with van der Waals surface area (Å²) in [7, 11) is 0. The molecule has 32 heavy (non-hydrogen) atoms. The Morgan fingerprint density at radius 3 is 2.62 bits per heavy atom. The molecule has 2 aromatic heterocycles. The number of thiophene rings is 1. The van der Waals surface area contributed by atoms with Crippen molar-refractivity contribution < 1.29 is 4.79 Å². The van der Waals surface area contributed by atoms with Gasteiger partial charge in [0.15, 0.2) is 0 Å². The van der Waals surface area contributed by atoms with Crippen LogP contribution in [0.1, 0.15) is 25.8 Å². The van der Waals surface area contributed by atoms with E-state index in [0.717, 1.165) is 31.7 Å². The van der Waals surface area contributed by atoms with Crippen molar-refractivity contribution in [2.45, 2.75) is 32.4 Å². The van der Waals surface area contributed by atoms with E-state index >= 15 is 0 Å². The van der Waals surface area contributed by atoms with Crippen LogP contribution in [0.25, 0.3) is 15.7 Å². The van der Waals surface area contributed by atoms with Crippen LogP contribution in [0.15, 0.2) is 54.4 Å². The van der Waals surface area contributed by atoms with Crippen LogP contribution >= 0.6 is 11.3 Å². The van der Waals surface area contributed by atoms with Gasteiger partial charge in [-0.15, -0.1) is 11.3 Å². The van der Waals surface area contributed by atoms with E-state index in [1.807, 2.05) is 17.3 Å². The van der Waals surface area contributed by atoms with Crippen molar-refractivity contribution in [3.63, 3.8) is 0 Å². The molecule has 2 unspecified atom stereocenters. The summed E-state index contributed by atoms with van der Waals surface area (Å²) in [4.78, 5) is 28.1. The normalized spacial score (nSPS) is 22.2. The van der Waals surface area contributed by atoms with Crippen LogP contribution in [-0.4, -0.2) is 70.5 Å². The number of piperazine rings is 1. The third kappa shape index (κ3) is 4.14. The maximum Gasteiger partial charge on any atom is 0.237 e. The fourth-order valence-electron chi connectivity index (χ4n) is 4.98. The first kappa shape index (κ1) is 21.1. The van der Waals surface area contributed by atoms with Crippen molar-refractivity contribution in [1.82, 2.24) is 19.8 Å². The molecule has 4 heterocycles. The lowest BCUT2D eigenvalue weighted by Crippen LogP contribution is -2.59. The summed E-state index contributed by atoms with van der Waals surface area (Å²) < 4.78 is 1.35. The van der Waals surface area contributed by atoms with Gasteiger partial charge in [0.25, 0.3) is 0 Å². The van der Waals surface area contributed by atoms with Gasteiger partial charge in [0.05, 0.1) is 24.6 Å². The number of nitrogens with zero attached hydrogens (tertiary/aromatic N) is 5. The van der Waals surface area contributed by atoms with Crippen LogP contribution in [0.2, 0.25) is 0 Å². The zero-order valence-corrected chi connectivity index (χ0v) is 19.5. The van der Waals surface area contributed by atoms with Gasteiger partial charge in [0.1, 0.15) is 6.33 Å². The molecule has 0 bridgehead atoms. The monoisotopic (exact) mass is 447 g/mol. The first-order chi connectivity index (χ1) is 15.6. The molecular formula is C25H29N5OS. The van der Waals surface area contributed by atoms with E-state index in [-0.39, 0.29) is 18.0 Å². The van der Waals surface area contributed by atoms with Crippen molar-refractivity contribution in [3.05, 3.63) is 60.0 Å². The van der Waals surface area contributed by atoms with Crippen molar-refractivity contribution in [1.29, 1.82) is 0 Å². The Morgan fingerprint density at radius 1 is 1.12 bits per heavy atom. The van der Waals surface area contributed by atoms with E-state index in [4.69, 9.17) is 0 Å². The molecule has 2 aliphatic heterocycles. The second-order valence-corrected chi connectivity index (χ2v) is 9.75. The van der Waals surface area contributed by atoms with Crippen LogP contribution in [0, 0.1) is 0 Å². The highest BCUT2D eigenvalue weighted by Crippen LogP contribution is 2.32. The molecule has 5 rings (SSSR count). The number of aromatic nitrogens is 2. The van der Waals surface area contributed by atoms with Gasteiger partial charge in [0.2, 0.25) is 5.91 Å². The number of fused-ring (bicyclic) bond motifs is 1. The first-order valence-electron chi connectivity index (χ1n) is 11.3. The lowest BCUT2D eigenvalue weighted by atomic mass is 9.98. The summed E-state index contributed by atoms with van der Waals surface area (Å²) in [5.74, 6) is 0.227. The number of carbonyl (C=O) groups excluding carboxylic acids is 1. The summed E-state index contributed by atoms with van der Waals surface area (Å²) in [6.45, 7) is 8.12. The smallest absolute Gasteiger partial charge is 0.237 e. The molecular weight excluding hydrogens is 418 g/mol. The molecule has 2 atom stereocenters. The van der Waals surface area contributed by atoms with E-state index in [2.05, 4.69) is 69.3 Å². The van der Waals surface area contributed by atoms with Gasteiger partial charge in [-0.3, -0.25) is 9.69 Å². The van der Waals surface area contributed by atoms with Crippen LogP contribution in [-0.2, 0) is 4.79 Å².